The first-order valence-corrected chi connectivity index (χ1v) is 9.87. The van der Waals surface area contributed by atoms with Crippen LogP contribution < -0.4 is 0 Å². The molecule has 148 valence electrons. The van der Waals surface area contributed by atoms with Gasteiger partial charge in [0.15, 0.2) is 0 Å². The van der Waals surface area contributed by atoms with Gasteiger partial charge in [0.05, 0.1) is 0 Å². The molecule has 0 spiro atoms. The first-order chi connectivity index (χ1) is 11.7. The van der Waals surface area contributed by atoms with Gasteiger partial charge in [0, 0.05) is 12.8 Å². The van der Waals surface area contributed by atoms with Gasteiger partial charge in [-0.1, -0.05) is 66.2 Å². The Kier molecular flexibility index (Phi) is 12.8. The standard InChI is InChI=1S/C21H38F2O2/c1-5-6-11-16-21(22,23)17-13-18-25-19(24)14-10-8-7-9-12-15-20(2,3)4/h13,17H,5-12,14-16,18H2,1-4H3/b17-13-. The van der Waals surface area contributed by atoms with E-state index in [2.05, 4.69) is 20.8 Å². The number of unbranched alkanes of at least 4 members (excludes halogenated alkanes) is 6. The van der Waals surface area contributed by atoms with E-state index < -0.39 is 5.92 Å². The summed E-state index contributed by atoms with van der Waals surface area (Å²) in [6.07, 6.45) is 11.2. The van der Waals surface area contributed by atoms with Crippen molar-refractivity contribution in [1.29, 1.82) is 0 Å². The normalized spacial score (nSPS) is 12.7. The molecule has 0 aliphatic heterocycles. The molecule has 0 bridgehead atoms. The van der Waals surface area contributed by atoms with Crippen molar-refractivity contribution in [2.24, 2.45) is 5.41 Å². The van der Waals surface area contributed by atoms with E-state index in [-0.39, 0.29) is 19.0 Å². The SMILES string of the molecule is CCCCCC(F)(F)/C=C\COC(=O)CCCCCCCC(C)(C)C. The van der Waals surface area contributed by atoms with Crippen LogP contribution in [0.3, 0.4) is 0 Å². The molecule has 0 amide bonds. The first-order valence-electron chi connectivity index (χ1n) is 9.87. The third kappa shape index (κ3) is 17.7. The van der Waals surface area contributed by atoms with E-state index in [9.17, 15) is 13.6 Å². The Morgan fingerprint density at radius 2 is 1.52 bits per heavy atom. The number of halogens is 2. The van der Waals surface area contributed by atoms with Gasteiger partial charge < -0.3 is 4.74 Å². The van der Waals surface area contributed by atoms with Gasteiger partial charge in [0.1, 0.15) is 6.61 Å². The second kappa shape index (κ2) is 13.3. The summed E-state index contributed by atoms with van der Waals surface area (Å²) in [4.78, 5) is 11.6. The predicted molar refractivity (Wildman–Crippen MR) is 101 cm³/mol. The molecular weight excluding hydrogens is 322 g/mol. The van der Waals surface area contributed by atoms with E-state index in [1.165, 1.54) is 25.3 Å². The Bertz CT molecular complexity index is 371. The van der Waals surface area contributed by atoms with E-state index in [0.29, 0.717) is 18.3 Å². The van der Waals surface area contributed by atoms with Gasteiger partial charge >= 0.3 is 5.97 Å². The lowest BCUT2D eigenvalue weighted by Gasteiger charge is -2.17. The van der Waals surface area contributed by atoms with Crippen molar-refractivity contribution in [1.82, 2.24) is 0 Å². The van der Waals surface area contributed by atoms with Crippen molar-refractivity contribution < 1.29 is 18.3 Å². The van der Waals surface area contributed by atoms with Crippen molar-refractivity contribution in [3.63, 3.8) is 0 Å². The highest BCUT2D eigenvalue weighted by Gasteiger charge is 2.23. The number of carbonyl (C=O) groups excluding carboxylic acids is 1. The molecule has 0 heterocycles. The fraction of sp³-hybridized carbons (Fsp3) is 0.857. The smallest absolute Gasteiger partial charge is 0.306 e. The van der Waals surface area contributed by atoms with Crippen molar-refractivity contribution in [3.8, 4) is 0 Å². The highest BCUT2D eigenvalue weighted by Crippen LogP contribution is 2.23. The van der Waals surface area contributed by atoms with Crippen LogP contribution in [0.15, 0.2) is 12.2 Å². The summed E-state index contributed by atoms with van der Waals surface area (Å²) < 4.78 is 31.9. The number of carbonyl (C=O) groups is 1. The van der Waals surface area contributed by atoms with Crippen LogP contribution in [0.1, 0.15) is 98.3 Å². The third-order valence-corrected chi connectivity index (χ3v) is 4.12. The molecule has 0 unspecified atom stereocenters. The molecule has 0 aromatic heterocycles. The maximum Gasteiger partial charge on any atom is 0.306 e. The zero-order chi connectivity index (χ0) is 19.2. The Balaban J connectivity index is 3.62. The zero-order valence-corrected chi connectivity index (χ0v) is 16.7. The average molecular weight is 361 g/mol. The third-order valence-electron chi connectivity index (χ3n) is 4.12. The molecule has 0 aliphatic rings. The molecule has 0 radical (unpaired) electrons. The van der Waals surface area contributed by atoms with Gasteiger partial charge in [-0.25, -0.2) is 8.78 Å². The highest BCUT2D eigenvalue weighted by molar-refractivity contribution is 5.69. The maximum atomic E-state index is 13.5. The van der Waals surface area contributed by atoms with Crippen LogP contribution in [0.5, 0.6) is 0 Å². The van der Waals surface area contributed by atoms with E-state index in [1.807, 2.05) is 6.92 Å². The lowest BCUT2D eigenvalue weighted by molar-refractivity contribution is -0.142. The lowest BCUT2D eigenvalue weighted by Crippen LogP contribution is -2.12. The number of alkyl halides is 2. The fourth-order valence-corrected chi connectivity index (χ4v) is 2.58. The monoisotopic (exact) mass is 360 g/mol. The van der Waals surface area contributed by atoms with Crippen molar-refractivity contribution in [2.45, 2.75) is 104 Å². The number of ether oxygens (including phenoxy) is 1. The number of esters is 1. The summed E-state index contributed by atoms with van der Waals surface area (Å²) in [6, 6.07) is 0. The summed E-state index contributed by atoms with van der Waals surface area (Å²) in [6.45, 7) is 8.67. The van der Waals surface area contributed by atoms with E-state index in [1.54, 1.807) is 0 Å². The maximum absolute atomic E-state index is 13.5. The number of rotatable bonds is 14. The Morgan fingerprint density at radius 1 is 0.920 bits per heavy atom. The lowest BCUT2D eigenvalue weighted by atomic mass is 9.89. The Hall–Kier alpha value is -0.930. The van der Waals surface area contributed by atoms with Crippen LogP contribution >= 0.6 is 0 Å². The summed E-state index contributed by atoms with van der Waals surface area (Å²) in [5, 5.41) is 0. The minimum atomic E-state index is -2.80. The quantitative estimate of drug-likeness (QED) is 0.188. The van der Waals surface area contributed by atoms with Gasteiger partial charge in [-0.3, -0.25) is 4.79 Å². The van der Waals surface area contributed by atoms with Crippen LogP contribution in [0, 0.1) is 5.41 Å². The molecule has 0 saturated heterocycles. The second-order valence-corrected chi connectivity index (χ2v) is 8.13. The predicted octanol–water partition coefficient (Wildman–Crippen LogP) is 7.08. The number of hydrogen-bond donors (Lipinski definition) is 0. The minimum absolute atomic E-state index is 0.0617. The summed E-state index contributed by atoms with van der Waals surface area (Å²) in [5.74, 6) is -3.09. The minimum Gasteiger partial charge on any atom is -0.461 e. The van der Waals surface area contributed by atoms with Gasteiger partial charge in [0.2, 0.25) is 0 Å². The molecule has 0 aliphatic carbocycles. The van der Waals surface area contributed by atoms with Crippen LogP contribution in [0.4, 0.5) is 8.78 Å². The number of hydrogen-bond acceptors (Lipinski definition) is 2. The van der Waals surface area contributed by atoms with Gasteiger partial charge in [-0.05, 0) is 36.8 Å². The molecule has 25 heavy (non-hydrogen) atoms. The molecule has 0 aromatic rings. The van der Waals surface area contributed by atoms with Gasteiger partial charge in [0.25, 0.3) is 5.92 Å². The van der Waals surface area contributed by atoms with Gasteiger partial charge in [-0.2, -0.15) is 0 Å². The molecule has 0 saturated carbocycles. The van der Waals surface area contributed by atoms with E-state index >= 15 is 0 Å². The Labute approximate surface area is 153 Å². The van der Waals surface area contributed by atoms with Crippen LogP contribution in [0.25, 0.3) is 0 Å². The summed E-state index contributed by atoms with van der Waals surface area (Å²) >= 11 is 0. The molecule has 0 N–H and O–H groups in total. The molecule has 0 aromatic carbocycles. The van der Waals surface area contributed by atoms with Crippen LogP contribution in [0.2, 0.25) is 0 Å². The molecule has 0 atom stereocenters. The molecule has 0 rings (SSSR count). The largest absolute Gasteiger partial charge is 0.461 e. The topological polar surface area (TPSA) is 26.3 Å². The molecule has 0 fully saturated rings. The first kappa shape index (κ1) is 24.1. The van der Waals surface area contributed by atoms with Crippen molar-refractivity contribution in [3.05, 3.63) is 12.2 Å². The summed E-state index contributed by atoms with van der Waals surface area (Å²) in [7, 11) is 0. The van der Waals surface area contributed by atoms with E-state index in [4.69, 9.17) is 4.74 Å². The molecule has 4 heteroatoms. The Morgan fingerprint density at radius 3 is 2.16 bits per heavy atom. The van der Waals surface area contributed by atoms with Gasteiger partial charge in [-0.15, -0.1) is 0 Å². The summed E-state index contributed by atoms with van der Waals surface area (Å²) in [5.41, 5.74) is 0.393. The van der Waals surface area contributed by atoms with Crippen molar-refractivity contribution in [2.75, 3.05) is 6.61 Å². The zero-order valence-electron chi connectivity index (χ0n) is 16.7. The average Bonchev–Trinajstić information content (AvgIpc) is 2.50. The second-order valence-electron chi connectivity index (χ2n) is 8.13. The van der Waals surface area contributed by atoms with Crippen molar-refractivity contribution >= 4 is 5.97 Å². The highest BCUT2D eigenvalue weighted by atomic mass is 19.3. The van der Waals surface area contributed by atoms with Crippen LogP contribution in [-0.4, -0.2) is 18.5 Å². The fourth-order valence-electron chi connectivity index (χ4n) is 2.58. The molecular formula is C21H38F2O2. The molecule has 2 nitrogen and oxygen atoms in total. The van der Waals surface area contributed by atoms with E-state index in [0.717, 1.165) is 38.2 Å². The van der Waals surface area contributed by atoms with Crippen LogP contribution in [-0.2, 0) is 9.53 Å². The number of allylic oxidation sites excluding steroid dienone is 1.